The molecule has 0 spiro atoms. The summed E-state index contributed by atoms with van der Waals surface area (Å²) in [5.41, 5.74) is -0.819. The standard InChI is InChI=1S/C12H24N2O2/c1-4-13-12(3,11(15)16)9-14-8-6-5-7-10(14)2/h10,13H,4-9H2,1-3H3,(H,15,16). The summed E-state index contributed by atoms with van der Waals surface area (Å²) in [6, 6.07) is 0.506. The van der Waals surface area contributed by atoms with Gasteiger partial charge in [-0.15, -0.1) is 0 Å². The zero-order valence-corrected chi connectivity index (χ0v) is 10.6. The van der Waals surface area contributed by atoms with Crippen LogP contribution in [-0.4, -0.2) is 47.2 Å². The van der Waals surface area contributed by atoms with E-state index in [1.807, 2.05) is 6.92 Å². The zero-order valence-electron chi connectivity index (χ0n) is 10.6. The third-order valence-corrected chi connectivity index (χ3v) is 3.50. The summed E-state index contributed by atoms with van der Waals surface area (Å²) in [6.07, 6.45) is 3.64. The first-order chi connectivity index (χ1) is 7.49. The topological polar surface area (TPSA) is 52.6 Å². The van der Waals surface area contributed by atoms with Crippen molar-refractivity contribution in [2.24, 2.45) is 0 Å². The van der Waals surface area contributed by atoms with E-state index in [4.69, 9.17) is 0 Å². The minimum atomic E-state index is -0.819. The lowest BCUT2D eigenvalue weighted by atomic mass is 9.97. The zero-order chi connectivity index (χ0) is 12.2. The van der Waals surface area contributed by atoms with Crippen molar-refractivity contribution in [2.45, 2.75) is 51.6 Å². The number of carboxylic acids is 1. The van der Waals surface area contributed by atoms with Crippen LogP contribution in [0.3, 0.4) is 0 Å². The SMILES string of the molecule is CCNC(C)(CN1CCCCC1C)C(=O)O. The van der Waals surface area contributed by atoms with Gasteiger partial charge in [-0.2, -0.15) is 0 Å². The van der Waals surface area contributed by atoms with E-state index in [0.717, 1.165) is 6.54 Å². The highest BCUT2D eigenvalue weighted by Crippen LogP contribution is 2.19. The molecular formula is C12H24N2O2. The van der Waals surface area contributed by atoms with Crippen molar-refractivity contribution >= 4 is 5.97 Å². The van der Waals surface area contributed by atoms with E-state index in [0.29, 0.717) is 19.1 Å². The molecule has 4 nitrogen and oxygen atoms in total. The van der Waals surface area contributed by atoms with Gasteiger partial charge in [0.1, 0.15) is 5.54 Å². The Bertz CT molecular complexity index is 245. The summed E-state index contributed by atoms with van der Waals surface area (Å²) in [4.78, 5) is 13.6. The van der Waals surface area contributed by atoms with Crippen LogP contribution in [0.4, 0.5) is 0 Å². The molecule has 0 amide bonds. The molecule has 1 heterocycles. The fourth-order valence-corrected chi connectivity index (χ4v) is 2.39. The molecular weight excluding hydrogens is 204 g/mol. The molecule has 0 saturated carbocycles. The minimum Gasteiger partial charge on any atom is -0.480 e. The van der Waals surface area contributed by atoms with Gasteiger partial charge in [0.25, 0.3) is 0 Å². The number of aliphatic carboxylic acids is 1. The Hall–Kier alpha value is -0.610. The molecule has 1 fully saturated rings. The van der Waals surface area contributed by atoms with E-state index >= 15 is 0 Å². The van der Waals surface area contributed by atoms with Gasteiger partial charge in [0.2, 0.25) is 0 Å². The maximum atomic E-state index is 11.3. The Morgan fingerprint density at radius 3 is 2.75 bits per heavy atom. The molecule has 0 radical (unpaired) electrons. The molecule has 0 aromatic carbocycles. The van der Waals surface area contributed by atoms with Gasteiger partial charge < -0.3 is 10.4 Å². The Balaban J connectivity index is 2.63. The fraction of sp³-hybridized carbons (Fsp3) is 0.917. The third kappa shape index (κ3) is 3.19. The number of nitrogens with one attached hydrogen (secondary N) is 1. The van der Waals surface area contributed by atoms with E-state index in [1.165, 1.54) is 19.3 Å². The molecule has 0 aromatic heterocycles. The average molecular weight is 228 g/mol. The Morgan fingerprint density at radius 2 is 2.25 bits per heavy atom. The molecule has 1 rings (SSSR count). The lowest BCUT2D eigenvalue weighted by Gasteiger charge is -2.39. The first-order valence-electron chi connectivity index (χ1n) is 6.22. The second kappa shape index (κ2) is 5.64. The number of rotatable bonds is 5. The second-order valence-corrected chi connectivity index (χ2v) is 4.98. The average Bonchev–Trinajstić information content (AvgIpc) is 2.21. The van der Waals surface area contributed by atoms with E-state index in [2.05, 4.69) is 17.1 Å². The van der Waals surface area contributed by atoms with Gasteiger partial charge in [0.15, 0.2) is 0 Å². The number of likely N-dealkylation sites (N-methyl/N-ethyl adjacent to an activating group) is 1. The largest absolute Gasteiger partial charge is 0.480 e. The van der Waals surface area contributed by atoms with E-state index in [1.54, 1.807) is 6.92 Å². The number of piperidine rings is 1. The molecule has 0 aliphatic carbocycles. The molecule has 1 aliphatic rings. The van der Waals surface area contributed by atoms with Gasteiger partial charge in [-0.05, 0) is 39.8 Å². The van der Waals surface area contributed by atoms with Gasteiger partial charge in [-0.25, -0.2) is 0 Å². The van der Waals surface area contributed by atoms with Crippen molar-refractivity contribution in [1.82, 2.24) is 10.2 Å². The first kappa shape index (κ1) is 13.5. The van der Waals surface area contributed by atoms with Gasteiger partial charge in [-0.3, -0.25) is 9.69 Å². The quantitative estimate of drug-likeness (QED) is 0.745. The van der Waals surface area contributed by atoms with Gasteiger partial charge in [-0.1, -0.05) is 13.3 Å². The molecule has 0 aromatic rings. The molecule has 16 heavy (non-hydrogen) atoms. The molecule has 1 saturated heterocycles. The van der Waals surface area contributed by atoms with Crippen molar-refractivity contribution in [2.75, 3.05) is 19.6 Å². The normalized spacial score (nSPS) is 26.3. The predicted octanol–water partition coefficient (Wildman–Crippen LogP) is 1.31. The minimum absolute atomic E-state index is 0.506. The predicted molar refractivity (Wildman–Crippen MR) is 64.6 cm³/mol. The molecule has 2 unspecified atom stereocenters. The Kier molecular flexibility index (Phi) is 4.74. The molecule has 4 heteroatoms. The molecule has 0 bridgehead atoms. The van der Waals surface area contributed by atoms with E-state index in [9.17, 15) is 9.90 Å². The summed E-state index contributed by atoms with van der Waals surface area (Å²) in [7, 11) is 0. The third-order valence-electron chi connectivity index (χ3n) is 3.50. The lowest BCUT2D eigenvalue weighted by Crippen LogP contribution is -2.58. The Labute approximate surface area is 98.0 Å². The van der Waals surface area contributed by atoms with Crippen LogP contribution in [0.25, 0.3) is 0 Å². The first-order valence-corrected chi connectivity index (χ1v) is 6.22. The lowest BCUT2D eigenvalue weighted by molar-refractivity contribution is -0.145. The number of hydrogen-bond acceptors (Lipinski definition) is 3. The van der Waals surface area contributed by atoms with Crippen molar-refractivity contribution in [3.05, 3.63) is 0 Å². The summed E-state index contributed by atoms with van der Waals surface area (Å²) in [5, 5.41) is 12.4. The van der Waals surface area contributed by atoms with Gasteiger partial charge >= 0.3 is 5.97 Å². The van der Waals surface area contributed by atoms with Crippen molar-refractivity contribution in [3.63, 3.8) is 0 Å². The summed E-state index contributed by atoms with van der Waals surface area (Å²) >= 11 is 0. The van der Waals surface area contributed by atoms with Crippen LogP contribution in [0, 0.1) is 0 Å². The number of carboxylic acid groups (broad SMARTS) is 1. The maximum absolute atomic E-state index is 11.3. The monoisotopic (exact) mass is 228 g/mol. The Morgan fingerprint density at radius 1 is 1.56 bits per heavy atom. The number of likely N-dealkylation sites (tertiary alicyclic amines) is 1. The van der Waals surface area contributed by atoms with Crippen LogP contribution in [0.2, 0.25) is 0 Å². The van der Waals surface area contributed by atoms with Gasteiger partial charge in [0.05, 0.1) is 0 Å². The van der Waals surface area contributed by atoms with E-state index in [-0.39, 0.29) is 0 Å². The summed E-state index contributed by atoms with van der Waals surface area (Å²) in [6.45, 7) is 8.21. The molecule has 2 N–H and O–H groups in total. The van der Waals surface area contributed by atoms with Crippen molar-refractivity contribution in [3.8, 4) is 0 Å². The second-order valence-electron chi connectivity index (χ2n) is 4.98. The van der Waals surface area contributed by atoms with Crippen LogP contribution in [0.15, 0.2) is 0 Å². The number of hydrogen-bond donors (Lipinski definition) is 2. The molecule has 1 aliphatic heterocycles. The summed E-state index contributed by atoms with van der Waals surface area (Å²) in [5.74, 6) is -0.757. The van der Waals surface area contributed by atoms with Crippen molar-refractivity contribution < 1.29 is 9.90 Å². The maximum Gasteiger partial charge on any atom is 0.324 e. The smallest absolute Gasteiger partial charge is 0.324 e. The number of nitrogens with zero attached hydrogens (tertiary/aromatic N) is 1. The van der Waals surface area contributed by atoms with Crippen LogP contribution < -0.4 is 5.32 Å². The highest BCUT2D eigenvalue weighted by atomic mass is 16.4. The molecule has 94 valence electrons. The van der Waals surface area contributed by atoms with Crippen LogP contribution in [-0.2, 0) is 4.79 Å². The van der Waals surface area contributed by atoms with Crippen LogP contribution in [0.1, 0.15) is 40.0 Å². The van der Waals surface area contributed by atoms with Crippen molar-refractivity contribution in [1.29, 1.82) is 0 Å². The highest BCUT2D eigenvalue weighted by Gasteiger charge is 2.35. The molecule has 2 atom stereocenters. The van der Waals surface area contributed by atoms with E-state index < -0.39 is 11.5 Å². The van der Waals surface area contributed by atoms with Crippen LogP contribution >= 0.6 is 0 Å². The van der Waals surface area contributed by atoms with Crippen LogP contribution in [0.5, 0.6) is 0 Å². The summed E-state index contributed by atoms with van der Waals surface area (Å²) < 4.78 is 0. The van der Waals surface area contributed by atoms with Gasteiger partial charge in [0, 0.05) is 12.6 Å². The number of carbonyl (C=O) groups is 1. The highest BCUT2D eigenvalue weighted by molar-refractivity contribution is 5.78. The fourth-order valence-electron chi connectivity index (χ4n) is 2.39.